The van der Waals surface area contributed by atoms with Gasteiger partial charge in [-0.25, -0.2) is 0 Å². The average Bonchev–Trinajstić information content (AvgIpc) is 2.09. The molecule has 0 aromatic rings. The van der Waals surface area contributed by atoms with E-state index in [-0.39, 0.29) is 0 Å². The molecule has 8 nitrogen and oxygen atoms in total. The highest BCUT2D eigenvalue weighted by Gasteiger charge is 2.42. The molecule has 2 aliphatic rings. The fraction of sp³-hybridized carbons (Fsp3) is 0.667. The van der Waals surface area contributed by atoms with E-state index in [1.165, 1.54) is 0 Å². The number of carboxylic acids is 4. The average molecular weight is 288 g/mol. The van der Waals surface area contributed by atoms with Gasteiger partial charge in [-0.05, 0) is 25.7 Å². The van der Waals surface area contributed by atoms with Crippen LogP contribution in [0.25, 0.3) is 0 Å². The summed E-state index contributed by atoms with van der Waals surface area (Å²) >= 11 is 0. The SMILES string of the molecule is O=C(O)[C@H]1CC[C@H]1C(=O)O.O=C(O)[C@H]1CC[C@H]1C(=O)O. The first kappa shape index (κ1) is 15.9. The molecule has 0 amide bonds. The molecule has 112 valence electrons. The van der Waals surface area contributed by atoms with Gasteiger partial charge in [0, 0.05) is 0 Å². The molecule has 0 aromatic heterocycles. The molecule has 2 aliphatic carbocycles. The molecule has 4 atom stereocenters. The number of aliphatic carboxylic acids is 4. The van der Waals surface area contributed by atoms with E-state index in [0.717, 1.165) is 0 Å². The van der Waals surface area contributed by atoms with E-state index in [2.05, 4.69) is 0 Å². The van der Waals surface area contributed by atoms with Crippen LogP contribution in [0.5, 0.6) is 0 Å². The van der Waals surface area contributed by atoms with Crippen molar-refractivity contribution in [2.45, 2.75) is 25.7 Å². The third-order valence-corrected chi connectivity index (χ3v) is 3.82. The Bertz CT molecular complexity index is 349. The van der Waals surface area contributed by atoms with Gasteiger partial charge in [0.2, 0.25) is 0 Å². The molecule has 8 heteroatoms. The molecule has 2 fully saturated rings. The topological polar surface area (TPSA) is 149 Å². The highest BCUT2D eigenvalue weighted by Crippen LogP contribution is 2.34. The minimum absolute atomic E-state index is 0.506. The van der Waals surface area contributed by atoms with Gasteiger partial charge in [-0.2, -0.15) is 0 Å². The van der Waals surface area contributed by atoms with Crippen molar-refractivity contribution < 1.29 is 39.6 Å². The van der Waals surface area contributed by atoms with Crippen molar-refractivity contribution in [1.82, 2.24) is 0 Å². The van der Waals surface area contributed by atoms with Gasteiger partial charge < -0.3 is 20.4 Å². The van der Waals surface area contributed by atoms with Crippen LogP contribution in [0.1, 0.15) is 25.7 Å². The minimum atomic E-state index is -0.987. The molecule has 0 radical (unpaired) electrons. The van der Waals surface area contributed by atoms with Gasteiger partial charge in [0.25, 0.3) is 0 Å². The molecular formula is C12H16O8. The first-order valence-corrected chi connectivity index (χ1v) is 6.17. The monoisotopic (exact) mass is 288 g/mol. The van der Waals surface area contributed by atoms with Crippen LogP contribution in [0.2, 0.25) is 0 Å². The summed E-state index contributed by atoms with van der Waals surface area (Å²) < 4.78 is 0. The molecule has 2 rings (SSSR count). The lowest BCUT2D eigenvalue weighted by atomic mass is 9.74. The van der Waals surface area contributed by atoms with Gasteiger partial charge in [-0.15, -0.1) is 0 Å². The van der Waals surface area contributed by atoms with Crippen LogP contribution in [0.4, 0.5) is 0 Å². The molecule has 0 bridgehead atoms. The highest BCUT2D eigenvalue weighted by molar-refractivity contribution is 5.82. The number of carbonyl (C=O) groups is 4. The van der Waals surface area contributed by atoms with Gasteiger partial charge >= 0.3 is 23.9 Å². The molecule has 0 spiro atoms. The number of hydrogen-bond donors (Lipinski definition) is 4. The van der Waals surface area contributed by atoms with Crippen LogP contribution >= 0.6 is 0 Å². The minimum Gasteiger partial charge on any atom is -0.481 e. The summed E-state index contributed by atoms with van der Waals surface area (Å²) in [4.78, 5) is 40.9. The third-order valence-electron chi connectivity index (χ3n) is 3.82. The fourth-order valence-corrected chi connectivity index (χ4v) is 2.18. The Morgan fingerprint density at radius 3 is 0.700 bits per heavy atom. The molecule has 0 unspecified atom stereocenters. The Hall–Kier alpha value is -2.12. The molecule has 0 aromatic carbocycles. The standard InChI is InChI=1S/2C6H8O4/c2*7-5(8)3-1-2-4(3)6(9)10/h2*3-4H,1-2H2,(H,7,8)(H,9,10)/t2*3-,4+. The maximum Gasteiger partial charge on any atom is 0.307 e. The summed E-state index contributed by atoms with van der Waals surface area (Å²) in [5, 5.41) is 33.6. The summed E-state index contributed by atoms with van der Waals surface area (Å²) in [5.41, 5.74) is 0. The molecule has 4 N–H and O–H groups in total. The number of carboxylic acid groups (broad SMARTS) is 4. The van der Waals surface area contributed by atoms with Crippen LogP contribution in [0, 0.1) is 23.7 Å². The van der Waals surface area contributed by atoms with Gasteiger partial charge in [-0.3, -0.25) is 19.2 Å². The maximum atomic E-state index is 10.2. The summed E-state index contributed by atoms with van der Waals surface area (Å²) in [6, 6.07) is 0. The predicted molar refractivity (Wildman–Crippen MR) is 63.0 cm³/mol. The van der Waals surface area contributed by atoms with E-state index in [1.54, 1.807) is 0 Å². The molecular weight excluding hydrogens is 272 g/mol. The van der Waals surface area contributed by atoms with Crippen molar-refractivity contribution in [3.63, 3.8) is 0 Å². The summed E-state index contributed by atoms with van der Waals surface area (Å²) in [7, 11) is 0. The zero-order valence-electron chi connectivity index (χ0n) is 10.6. The zero-order valence-corrected chi connectivity index (χ0v) is 10.6. The van der Waals surface area contributed by atoms with Crippen molar-refractivity contribution in [3.05, 3.63) is 0 Å². The third kappa shape index (κ3) is 3.46. The predicted octanol–water partition coefficient (Wildman–Crippen LogP) is 0.364. The molecule has 0 heterocycles. The van der Waals surface area contributed by atoms with Crippen molar-refractivity contribution in [3.8, 4) is 0 Å². The zero-order chi connectivity index (χ0) is 15.4. The van der Waals surface area contributed by atoms with Crippen LogP contribution in [-0.2, 0) is 19.2 Å². The largest absolute Gasteiger partial charge is 0.481 e. The summed E-state index contributed by atoms with van der Waals surface area (Å²) in [5.74, 6) is -6.51. The van der Waals surface area contributed by atoms with Gasteiger partial charge in [0.05, 0.1) is 23.7 Å². The first-order valence-electron chi connectivity index (χ1n) is 6.17. The van der Waals surface area contributed by atoms with Crippen LogP contribution in [-0.4, -0.2) is 44.3 Å². The van der Waals surface area contributed by atoms with E-state index in [4.69, 9.17) is 20.4 Å². The van der Waals surface area contributed by atoms with Crippen molar-refractivity contribution in [2.24, 2.45) is 23.7 Å². The van der Waals surface area contributed by atoms with Crippen LogP contribution in [0.3, 0.4) is 0 Å². The number of rotatable bonds is 4. The van der Waals surface area contributed by atoms with Gasteiger partial charge in [-0.1, -0.05) is 0 Å². The van der Waals surface area contributed by atoms with Gasteiger partial charge in [0.1, 0.15) is 0 Å². The van der Waals surface area contributed by atoms with Crippen molar-refractivity contribution >= 4 is 23.9 Å². The second-order valence-corrected chi connectivity index (χ2v) is 4.93. The summed E-state index contributed by atoms with van der Waals surface area (Å²) in [6.07, 6.45) is 2.03. The molecule has 0 aliphatic heterocycles. The Kier molecular flexibility index (Phi) is 5.06. The highest BCUT2D eigenvalue weighted by atomic mass is 16.4. The Morgan fingerprint density at radius 2 is 0.650 bits per heavy atom. The van der Waals surface area contributed by atoms with Crippen LogP contribution in [0.15, 0.2) is 0 Å². The van der Waals surface area contributed by atoms with Crippen molar-refractivity contribution in [2.75, 3.05) is 0 Å². The first-order chi connectivity index (χ1) is 9.25. The second-order valence-electron chi connectivity index (χ2n) is 4.93. The van der Waals surface area contributed by atoms with E-state index >= 15 is 0 Å². The van der Waals surface area contributed by atoms with Crippen LogP contribution < -0.4 is 0 Å². The normalized spacial score (nSPS) is 30.8. The summed E-state index contributed by atoms with van der Waals surface area (Å²) in [6.45, 7) is 0. The lowest BCUT2D eigenvalue weighted by Crippen LogP contribution is -2.37. The lowest BCUT2D eigenvalue weighted by molar-refractivity contribution is -0.160. The van der Waals surface area contributed by atoms with E-state index in [1.807, 2.05) is 0 Å². The molecule has 2 saturated carbocycles. The number of hydrogen-bond acceptors (Lipinski definition) is 4. The van der Waals surface area contributed by atoms with E-state index < -0.39 is 47.5 Å². The lowest BCUT2D eigenvalue weighted by Gasteiger charge is -2.29. The Labute approximate surface area is 114 Å². The molecule has 0 saturated heterocycles. The van der Waals surface area contributed by atoms with E-state index in [9.17, 15) is 19.2 Å². The quantitative estimate of drug-likeness (QED) is 0.579. The Morgan fingerprint density at radius 1 is 0.500 bits per heavy atom. The second kappa shape index (κ2) is 6.36. The van der Waals surface area contributed by atoms with Crippen molar-refractivity contribution in [1.29, 1.82) is 0 Å². The van der Waals surface area contributed by atoms with E-state index in [0.29, 0.717) is 25.7 Å². The fourth-order valence-electron chi connectivity index (χ4n) is 2.18. The molecule has 20 heavy (non-hydrogen) atoms. The van der Waals surface area contributed by atoms with Gasteiger partial charge in [0.15, 0.2) is 0 Å². The smallest absolute Gasteiger partial charge is 0.307 e. The Balaban J connectivity index is 0.000000200. The maximum absolute atomic E-state index is 10.2.